The highest BCUT2D eigenvalue weighted by Gasteiger charge is 2.44. The summed E-state index contributed by atoms with van der Waals surface area (Å²) in [5.74, 6) is -1.72. The molecule has 8 nitrogen and oxygen atoms in total. The summed E-state index contributed by atoms with van der Waals surface area (Å²) < 4.78 is 0. The first-order chi connectivity index (χ1) is 9.15. The van der Waals surface area contributed by atoms with E-state index < -0.39 is 24.7 Å². The minimum atomic E-state index is -1.52. The van der Waals surface area contributed by atoms with Crippen LogP contribution in [0, 0.1) is 5.92 Å². The molecule has 1 aliphatic rings. The maximum Gasteiger partial charge on any atom is 0.451 e. The van der Waals surface area contributed by atoms with Gasteiger partial charge in [-0.05, 0) is 25.6 Å². The summed E-state index contributed by atoms with van der Waals surface area (Å²) in [6.45, 7) is 1.78. The lowest BCUT2D eigenvalue weighted by Gasteiger charge is -2.42. The van der Waals surface area contributed by atoms with Gasteiger partial charge in [-0.2, -0.15) is 0 Å². The third-order valence-corrected chi connectivity index (χ3v) is 3.56. The van der Waals surface area contributed by atoms with Crippen LogP contribution in [0.3, 0.4) is 0 Å². The number of amides is 1. The predicted octanol–water partition coefficient (Wildman–Crippen LogP) is -1.33. The number of hydrogen-bond acceptors (Lipinski definition) is 6. The van der Waals surface area contributed by atoms with Crippen molar-refractivity contribution in [1.82, 2.24) is 4.90 Å². The summed E-state index contributed by atoms with van der Waals surface area (Å²) in [5, 5.41) is 27.0. The fraction of sp³-hybridized carbons (Fsp3) is 0.818. The molecule has 1 saturated heterocycles. The van der Waals surface area contributed by atoms with E-state index in [1.54, 1.807) is 0 Å². The number of carbonyl (C=O) groups is 2. The number of hydrogen-bond donors (Lipinski definition) is 5. The van der Waals surface area contributed by atoms with E-state index in [-0.39, 0.29) is 55.9 Å². The number of nitrogens with two attached hydrogens (primary N) is 2. The zero-order chi connectivity index (χ0) is 15.5. The van der Waals surface area contributed by atoms with Crippen LogP contribution in [0.4, 0.5) is 0 Å². The Labute approximate surface area is 142 Å². The van der Waals surface area contributed by atoms with Crippen LogP contribution in [-0.4, -0.2) is 63.7 Å². The standard InChI is InChI=1S/C11H22BN3O5.2ClH/c1-7(13)9(16)15-5-8(2-3-12(19)20)4-11(14,6-15)10(17)18;;/h7-8,19-20H,2-6,13-14H2,1H3,(H,17,18);2*1H/t7-,8-,11+;;/m0../s1. The van der Waals surface area contributed by atoms with E-state index in [2.05, 4.69) is 0 Å². The number of carboxylic acids is 1. The second-order valence-electron chi connectivity index (χ2n) is 5.60. The summed E-state index contributed by atoms with van der Waals surface area (Å²) in [6.07, 6.45) is 0.686. The summed E-state index contributed by atoms with van der Waals surface area (Å²) >= 11 is 0. The average molecular weight is 360 g/mol. The molecule has 0 aromatic carbocycles. The largest absolute Gasteiger partial charge is 0.480 e. The highest BCUT2D eigenvalue weighted by molar-refractivity contribution is 6.40. The molecule has 1 fully saturated rings. The van der Waals surface area contributed by atoms with Gasteiger partial charge in [0.05, 0.1) is 6.04 Å². The molecule has 1 aliphatic heterocycles. The zero-order valence-corrected chi connectivity index (χ0v) is 14.0. The van der Waals surface area contributed by atoms with Crippen LogP contribution in [0.15, 0.2) is 0 Å². The van der Waals surface area contributed by atoms with Crippen molar-refractivity contribution >= 4 is 43.8 Å². The highest BCUT2D eigenvalue weighted by Crippen LogP contribution is 2.28. The third-order valence-electron chi connectivity index (χ3n) is 3.56. The Balaban J connectivity index is 0. The smallest absolute Gasteiger partial charge is 0.451 e. The van der Waals surface area contributed by atoms with Crippen LogP contribution in [-0.2, 0) is 9.59 Å². The van der Waals surface area contributed by atoms with Gasteiger partial charge in [-0.3, -0.25) is 9.59 Å². The Hall–Kier alpha value is -0.575. The lowest BCUT2D eigenvalue weighted by atomic mass is 9.75. The maximum atomic E-state index is 11.9. The van der Waals surface area contributed by atoms with Gasteiger partial charge in [0.15, 0.2) is 0 Å². The SMILES string of the molecule is C[C@H](N)C(=O)N1C[C@@H](CCB(O)O)C[C@](N)(C(=O)O)C1.Cl.Cl. The number of carboxylic acid groups (broad SMARTS) is 1. The van der Waals surface area contributed by atoms with Gasteiger partial charge >= 0.3 is 13.1 Å². The Morgan fingerprint density at radius 1 is 1.41 bits per heavy atom. The molecule has 0 bridgehead atoms. The van der Waals surface area contributed by atoms with Crippen LogP contribution >= 0.6 is 24.8 Å². The molecule has 0 unspecified atom stereocenters. The summed E-state index contributed by atoms with van der Waals surface area (Å²) in [6, 6.07) is -0.727. The number of carbonyl (C=O) groups excluding carboxylic acids is 1. The fourth-order valence-corrected chi connectivity index (χ4v) is 2.55. The second-order valence-corrected chi connectivity index (χ2v) is 5.60. The van der Waals surface area contributed by atoms with Crippen molar-refractivity contribution in [3.8, 4) is 0 Å². The van der Waals surface area contributed by atoms with Gasteiger partial charge < -0.3 is 31.5 Å². The average Bonchev–Trinajstić information content (AvgIpc) is 2.34. The molecule has 7 N–H and O–H groups in total. The molecule has 11 heteroatoms. The Morgan fingerprint density at radius 2 is 1.95 bits per heavy atom. The van der Waals surface area contributed by atoms with E-state index >= 15 is 0 Å². The summed E-state index contributed by atoms with van der Waals surface area (Å²) in [7, 11) is -1.45. The molecule has 0 spiro atoms. The molecule has 0 aliphatic carbocycles. The second kappa shape index (κ2) is 9.54. The first kappa shape index (κ1) is 23.7. The number of rotatable bonds is 5. The van der Waals surface area contributed by atoms with Gasteiger partial charge in [0.1, 0.15) is 5.54 Å². The molecule has 22 heavy (non-hydrogen) atoms. The van der Waals surface area contributed by atoms with E-state index in [9.17, 15) is 14.7 Å². The quantitative estimate of drug-likeness (QED) is 0.381. The lowest BCUT2D eigenvalue weighted by Crippen LogP contribution is -2.64. The van der Waals surface area contributed by atoms with Crippen molar-refractivity contribution in [1.29, 1.82) is 0 Å². The molecule has 0 saturated carbocycles. The third kappa shape index (κ3) is 6.27. The van der Waals surface area contributed by atoms with Crippen LogP contribution in [0.25, 0.3) is 0 Å². The molecule has 1 rings (SSSR count). The van der Waals surface area contributed by atoms with Gasteiger partial charge in [-0.25, -0.2) is 0 Å². The normalized spacial score (nSPS) is 25.5. The van der Waals surface area contributed by atoms with Crippen LogP contribution in [0.2, 0.25) is 6.32 Å². The highest BCUT2D eigenvalue weighted by atomic mass is 35.5. The Kier molecular flexibility index (Phi) is 10.3. The van der Waals surface area contributed by atoms with E-state index in [1.807, 2.05) is 0 Å². The van der Waals surface area contributed by atoms with Crippen molar-refractivity contribution in [2.24, 2.45) is 17.4 Å². The van der Waals surface area contributed by atoms with Crippen molar-refractivity contribution < 1.29 is 24.7 Å². The molecule has 1 heterocycles. The molecule has 130 valence electrons. The van der Waals surface area contributed by atoms with Crippen LogP contribution in [0.1, 0.15) is 19.8 Å². The van der Waals surface area contributed by atoms with E-state index in [0.29, 0.717) is 13.0 Å². The monoisotopic (exact) mass is 359 g/mol. The maximum absolute atomic E-state index is 11.9. The minimum Gasteiger partial charge on any atom is -0.480 e. The van der Waals surface area contributed by atoms with Gasteiger partial charge in [-0.1, -0.05) is 6.42 Å². The molecule has 0 aromatic rings. The number of piperidine rings is 1. The first-order valence-corrected chi connectivity index (χ1v) is 6.58. The van der Waals surface area contributed by atoms with Gasteiger partial charge in [0, 0.05) is 13.1 Å². The molecule has 1 amide bonds. The molecule has 0 aromatic heterocycles. The van der Waals surface area contributed by atoms with Gasteiger partial charge in [-0.15, -0.1) is 24.8 Å². The predicted molar refractivity (Wildman–Crippen MR) is 87.0 cm³/mol. The van der Waals surface area contributed by atoms with E-state index in [1.165, 1.54) is 11.8 Å². The topological polar surface area (TPSA) is 150 Å². The summed E-state index contributed by atoms with van der Waals surface area (Å²) in [5.41, 5.74) is 9.89. The summed E-state index contributed by atoms with van der Waals surface area (Å²) in [4.78, 5) is 24.6. The molecule has 3 atom stereocenters. The van der Waals surface area contributed by atoms with Crippen molar-refractivity contribution in [3.05, 3.63) is 0 Å². The zero-order valence-electron chi connectivity index (χ0n) is 12.3. The number of halogens is 2. The van der Waals surface area contributed by atoms with E-state index in [0.717, 1.165) is 0 Å². The Morgan fingerprint density at radius 3 is 2.36 bits per heavy atom. The van der Waals surface area contributed by atoms with Crippen molar-refractivity contribution in [2.75, 3.05) is 13.1 Å². The number of likely N-dealkylation sites (tertiary alicyclic amines) is 1. The first-order valence-electron chi connectivity index (χ1n) is 6.58. The molecular weight excluding hydrogens is 336 g/mol. The Bertz CT molecular complexity index is 389. The number of nitrogens with zero attached hydrogens (tertiary/aromatic N) is 1. The van der Waals surface area contributed by atoms with Gasteiger partial charge in [0.25, 0.3) is 0 Å². The van der Waals surface area contributed by atoms with Gasteiger partial charge in [0.2, 0.25) is 5.91 Å². The fourth-order valence-electron chi connectivity index (χ4n) is 2.55. The lowest BCUT2D eigenvalue weighted by molar-refractivity contribution is -0.149. The van der Waals surface area contributed by atoms with E-state index in [4.69, 9.17) is 21.5 Å². The van der Waals surface area contributed by atoms with Crippen LogP contribution < -0.4 is 11.5 Å². The molecular formula is C11H24BCl2N3O5. The van der Waals surface area contributed by atoms with Crippen LogP contribution in [0.5, 0.6) is 0 Å². The van der Waals surface area contributed by atoms with Crippen molar-refractivity contribution in [2.45, 2.75) is 37.7 Å². The number of aliphatic carboxylic acids is 1. The van der Waals surface area contributed by atoms with Crippen molar-refractivity contribution in [3.63, 3.8) is 0 Å². The minimum absolute atomic E-state index is 0. The molecule has 0 radical (unpaired) electrons.